The maximum atomic E-state index is 13.9. The van der Waals surface area contributed by atoms with E-state index < -0.39 is 29.2 Å². The van der Waals surface area contributed by atoms with Crippen molar-refractivity contribution in [3.05, 3.63) is 78.8 Å². The number of fused-ring (bicyclic) bond motifs is 1. The smallest absolute Gasteiger partial charge is 0.387 e. The predicted molar refractivity (Wildman–Crippen MR) is 136 cm³/mol. The molecule has 13 heteroatoms. The first-order valence-corrected chi connectivity index (χ1v) is 12.9. The average Bonchev–Trinajstić information content (AvgIpc) is 3.33. The highest BCUT2D eigenvalue weighted by molar-refractivity contribution is 7.77. The van der Waals surface area contributed by atoms with Gasteiger partial charge in [0.25, 0.3) is 0 Å². The zero-order valence-corrected chi connectivity index (χ0v) is 21.2. The van der Waals surface area contributed by atoms with Gasteiger partial charge in [0.2, 0.25) is 0 Å². The van der Waals surface area contributed by atoms with Crippen LogP contribution in [0.25, 0.3) is 39.1 Å². The van der Waals surface area contributed by atoms with Crippen LogP contribution in [0.2, 0.25) is 0 Å². The van der Waals surface area contributed by atoms with Gasteiger partial charge in [-0.3, -0.25) is 13.5 Å². The molecule has 0 bridgehead atoms. The minimum atomic E-state index is -3.17. The molecule has 1 fully saturated rings. The van der Waals surface area contributed by atoms with Crippen molar-refractivity contribution < 1.29 is 26.7 Å². The molecule has 5 aromatic rings. The Balaban J connectivity index is 1.51. The monoisotopic (exact) mass is 553 g/mol. The van der Waals surface area contributed by atoms with E-state index in [2.05, 4.69) is 19.5 Å². The van der Waals surface area contributed by atoms with Gasteiger partial charge in [0.05, 0.1) is 28.5 Å². The lowest BCUT2D eigenvalue weighted by Crippen LogP contribution is -2.31. The summed E-state index contributed by atoms with van der Waals surface area (Å²) in [6, 6.07) is 12.3. The molecular formula is C26H20F3N6O3S-. The van der Waals surface area contributed by atoms with Gasteiger partial charge in [0.1, 0.15) is 23.7 Å². The second-order valence-electron chi connectivity index (χ2n) is 9.26. The molecule has 0 saturated heterocycles. The molecule has 0 spiro atoms. The van der Waals surface area contributed by atoms with Gasteiger partial charge < -0.3 is 9.29 Å². The standard InChI is InChI=1S/C26H21F3N6O3S/c1-34-13-17(12-31-34)15-2-5-21-20(8-15)30-14-35(21)24-10-16(9-23(32-24)26(6-7-26)33-39(36)37)19-4-3-18(27)11-22(19)38-25(28)29/h2-5,8-14,25,33H,6-7H2,1H3,(H,36,37)/p-1. The lowest BCUT2D eigenvalue weighted by molar-refractivity contribution is -0.0496. The third-order valence-corrected chi connectivity index (χ3v) is 7.19. The Kier molecular flexibility index (Phi) is 6.20. The van der Waals surface area contributed by atoms with Crippen molar-refractivity contribution in [3.8, 4) is 33.8 Å². The molecule has 3 heterocycles. The maximum absolute atomic E-state index is 13.9. The van der Waals surface area contributed by atoms with Gasteiger partial charge in [-0.05, 0) is 60.4 Å². The summed E-state index contributed by atoms with van der Waals surface area (Å²) in [7, 11) is 1.83. The fraction of sp³-hybridized carbons (Fsp3) is 0.192. The van der Waals surface area contributed by atoms with Gasteiger partial charge in [-0.2, -0.15) is 13.9 Å². The van der Waals surface area contributed by atoms with Crippen LogP contribution < -0.4 is 9.46 Å². The summed E-state index contributed by atoms with van der Waals surface area (Å²) >= 11 is -2.56. The van der Waals surface area contributed by atoms with E-state index in [-0.39, 0.29) is 11.3 Å². The molecule has 0 aliphatic heterocycles. The van der Waals surface area contributed by atoms with Crippen molar-refractivity contribution in [1.82, 2.24) is 29.0 Å². The Hall–Kier alpha value is -4.07. The lowest BCUT2D eigenvalue weighted by atomic mass is 10.0. The van der Waals surface area contributed by atoms with Crippen LogP contribution in [0.5, 0.6) is 5.75 Å². The number of pyridine rings is 1. The van der Waals surface area contributed by atoms with Gasteiger partial charge in [-0.1, -0.05) is 6.07 Å². The minimum absolute atomic E-state index is 0.198. The summed E-state index contributed by atoms with van der Waals surface area (Å²) in [5.74, 6) is -0.720. The number of halogens is 3. The topological polar surface area (TPSA) is 110 Å². The second kappa shape index (κ2) is 9.59. The minimum Gasteiger partial charge on any atom is -0.760 e. The third kappa shape index (κ3) is 4.91. The van der Waals surface area contributed by atoms with Crippen LogP contribution in [0, 0.1) is 5.82 Å². The van der Waals surface area contributed by atoms with Crippen LogP contribution in [-0.2, 0) is 23.9 Å². The van der Waals surface area contributed by atoms with E-state index in [1.165, 1.54) is 6.07 Å². The molecule has 1 unspecified atom stereocenters. The molecule has 6 rings (SSSR count). The van der Waals surface area contributed by atoms with Gasteiger partial charge in [-0.25, -0.2) is 19.1 Å². The van der Waals surface area contributed by atoms with Gasteiger partial charge in [0, 0.05) is 41.7 Å². The van der Waals surface area contributed by atoms with Crippen LogP contribution in [0.4, 0.5) is 13.2 Å². The highest BCUT2D eigenvalue weighted by Crippen LogP contribution is 2.46. The van der Waals surface area contributed by atoms with Crippen molar-refractivity contribution in [3.63, 3.8) is 0 Å². The number of hydrogen-bond donors (Lipinski definition) is 1. The molecule has 1 N–H and O–H groups in total. The molecule has 1 aliphatic carbocycles. The van der Waals surface area contributed by atoms with E-state index in [1.807, 2.05) is 31.4 Å². The summed E-state index contributed by atoms with van der Waals surface area (Å²) in [5, 5.41) is 4.20. The van der Waals surface area contributed by atoms with E-state index in [1.54, 1.807) is 33.9 Å². The number of nitrogens with zero attached hydrogens (tertiary/aromatic N) is 5. The molecule has 3 aromatic heterocycles. The van der Waals surface area contributed by atoms with Crippen molar-refractivity contribution >= 4 is 22.3 Å². The third-order valence-electron chi connectivity index (χ3n) is 6.63. The Morgan fingerprint density at radius 2 is 1.92 bits per heavy atom. The number of imidazole rings is 1. The highest BCUT2D eigenvalue weighted by atomic mass is 32.2. The van der Waals surface area contributed by atoms with E-state index >= 15 is 0 Å². The zero-order valence-electron chi connectivity index (χ0n) is 20.3. The van der Waals surface area contributed by atoms with Crippen LogP contribution in [0.1, 0.15) is 18.5 Å². The number of rotatable bonds is 8. The number of ether oxygens (including phenoxy) is 1. The predicted octanol–water partition coefficient (Wildman–Crippen LogP) is 4.60. The Morgan fingerprint density at radius 3 is 2.62 bits per heavy atom. The van der Waals surface area contributed by atoms with E-state index in [4.69, 9.17) is 4.98 Å². The summed E-state index contributed by atoms with van der Waals surface area (Å²) in [5.41, 5.74) is 3.27. The lowest BCUT2D eigenvalue weighted by Gasteiger charge is -2.21. The van der Waals surface area contributed by atoms with E-state index in [0.29, 0.717) is 41.0 Å². The van der Waals surface area contributed by atoms with Crippen LogP contribution >= 0.6 is 0 Å². The van der Waals surface area contributed by atoms with E-state index in [0.717, 1.165) is 23.3 Å². The molecule has 1 saturated carbocycles. The molecule has 9 nitrogen and oxygen atoms in total. The summed E-state index contributed by atoms with van der Waals surface area (Å²) in [6.45, 7) is -3.17. The summed E-state index contributed by atoms with van der Waals surface area (Å²) in [4.78, 5) is 9.26. The van der Waals surface area contributed by atoms with Gasteiger partial charge in [0.15, 0.2) is 0 Å². The van der Waals surface area contributed by atoms with Crippen molar-refractivity contribution in [2.75, 3.05) is 0 Å². The first-order valence-electron chi connectivity index (χ1n) is 11.8. The first-order chi connectivity index (χ1) is 18.7. The number of aromatic nitrogens is 5. The maximum Gasteiger partial charge on any atom is 0.387 e. The quantitative estimate of drug-likeness (QED) is 0.281. The molecule has 2 aromatic carbocycles. The van der Waals surface area contributed by atoms with Gasteiger partial charge in [-0.15, -0.1) is 0 Å². The molecular weight excluding hydrogens is 533 g/mol. The highest BCUT2D eigenvalue weighted by Gasteiger charge is 2.46. The Labute approximate surface area is 222 Å². The SMILES string of the molecule is Cn1cc(-c2ccc3c(c2)ncn3-c2cc(-c3ccc(F)cc3OC(F)F)cc(C3(NS(=O)[O-])CC3)n2)cn1. The van der Waals surface area contributed by atoms with Crippen LogP contribution in [0.3, 0.4) is 0 Å². The van der Waals surface area contributed by atoms with Crippen molar-refractivity contribution in [1.29, 1.82) is 0 Å². The number of benzene rings is 2. The van der Waals surface area contributed by atoms with Crippen molar-refractivity contribution in [2.45, 2.75) is 25.0 Å². The second-order valence-corrected chi connectivity index (χ2v) is 9.93. The first kappa shape index (κ1) is 25.2. The fourth-order valence-corrected chi connectivity index (χ4v) is 5.24. The number of hydrogen-bond acceptors (Lipinski definition) is 6. The number of aryl methyl sites for hydroxylation is 1. The van der Waals surface area contributed by atoms with Gasteiger partial charge >= 0.3 is 6.61 Å². The molecule has 200 valence electrons. The van der Waals surface area contributed by atoms with Crippen LogP contribution in [-0.4, -0.2) is 39.7 Å². The van der Waals surface area contributed by atoms with E-state index in [9.17, 15) is 21.9 Å². The Morgan fingerprint density at radius 1 is 1.10 bits per heavy atom. The number of alkyl halides is 2. The largest absolute Gasteiger partial charge is 0.760 e. The van der Waals surface area contributed by atoms with Crippen LogP contribution in [0.15, 0.2) is 67.3 Å². The molecule has 1 atom stereocenters. The Bertz CT molecular complexity index is 1730. The number of nitrogens with one attached hydrogen (secondary N) is 1. The molecule has 39 heavy (non-hydrogen) atoms. The zero-order chi connectivity index (χ0) is 27.3. The fourth-order valence-electron chi connectivity index (χ4n) is 4.61. The summed E-state index contributed by atoms with van der Waals surface area (Å²) < 4.78 is 73.9. The van der Waals surface area contributed by atoms with Crippen molar-refractivity contribution in [2.24, 2.45) is 7.05 Å². The summed E-state index contributed by atoms with van der Waals surface area (Å²) in [6.07, 6.45) is 6.21. The molecule has 1 aliphatic rings. The molecule has 0 amide bonds. The molecule has 0 radical (unpaired) electrons. The average molecular weight is 554 g/mol. The normalized spacial score (nSPS) is 15.1.